The number of methoxy groups -OCH3 is 1. The molecule has 8 nitrogen and oxygen atoms in total. The molecule has 2 atom stereocenters. The Balaban J connectivity index is 1.48. The Kier molecular flexibility index (Phi) is 8.11. The number of benzene rings is 1. The van der Waals surface area contributed by atoms with Crippen LogP contribution in [0.15, 0.2) is 36.5 Å². The van der Waals surface area contributed by atoms with Gasteiger partial charge in [0.15, 0.2) is 0 Å². The molecule has 2 aromatic rings. The molecule has 2 saturated heterocycles. The number of aryl methyl sites for hydroxylation is 1. The van der Waals surface area contributed by atoms with Crippen LogP contribution in [0, 0.1) is 5.92 Å². The van der Waals surface area contributed by atoms with E-state index >= 15 is 0 Å². The maximum Gasteiger partial charge on any atom is 0.274 e. The number of hydrogen-bond donors (Lipinski definition) is 0. The molecule has 8 heteroatoms. The molecule has 0 N–H and O–H groups in total. The number of ether oxygens (including phenoxy) is 1. The number of carbonyl (C=O) groups is 2. The van der Waals surface area contributed by atoms with Crippen molar-refractivity contribution in [2.45, 2.75) is 50.6 Å². The summed E-state index contributed by atoms with van der Waals surface area (Å²) in [6.07, 6.45) is 7.55. The van der Waals surface area contributed by atoms with E-state index in [2.05, 4.69) is 23.1 Å². The van der Waals surface area contributed by atoms with Crippen LogP contribution < -0.4 is 4.74 Å². The quantitative estimate of drug-likeness (QED) is 0.608. The smallest absolute Gasteiger partial charge is 0.274 e. The van der Waals surface area contributed by atoms with Crippen molar-refractivity contribution < 1.29 is 14.3 Å². The molecule has 4 rings (SSSR count). The van der Waals surface area contributed by atoms with E-state index in [-0.39, 0.29) is 23.9 Å². The fourth-order valence-corrected chi connectivity index (χ4v) is 5.62. The zero-order valence-corrected chi connectivity index (χ0v) is 21.5. The van der Waals surface area contributed by atoms with Gasteiger partial charge in [0.2, 0.25) is 5.91 Å². The lowest BCUT2D eigenvalue weighted by atomic mass is 9.84. The summed E-state index contributed by atoms with van der Waals surface area (Å²) in [6, 6.07) is 9.85. The minimum Gasteiger partial charge on any atom is -0.497 e. The molecule has 0 bridgehead atoms. The number of hydrogen-bond acceptors (Lipinski definition) is 5. The molecular formula is C27H39N5O3. The summed E-state index contributed by atoms with van der Waals surface area (Å²) >= 11 is 0. The van der Waals surface area contributed by atoms with Crippen LogP contribution in [0.4, 0.5) is 0 Å². The second kappa shape index (κ2) is 11.2. The monoisotopic (exact) mass is 481 g/mol. The van der Waals surface area contributed by atoms with Gasteiger partial charge in [-0.2, -0.15) is 5.10 Å². The van der Waals surface area contributed by atoms with Crippen molar-refractivity contribution in [3.8, 4) is 5.75 Å². The predicted octanol–water partition coefficient (Wildman–Crippen LogP) is 2.83. The number of rotatable bonds is 7. The average Bonchev–Trinajstić information content (AvgIpc) is 3.32. The molecular weight excluding hydrogens is 442 g/mol. The Hall–Kier alpha value is -2.87. The van der Waals surface area contributed by atoms with E-state index in [0.717, 1.165) is 63.1 Å². The Bertz CT molecular complexity index is 1010. The SMILES string of the molecule is COc1cccc(C[C@@H](C2CCN(C(=O)[C@@H]3CCCCN3C)CC2)N(C)C(=O)c2ccn(C)n2)c1. The second-order valence-electron chi connectivity index (χ2n) is 10.1. The molecule has 1 aromatic heterocycles. The van der Waals surface area contributed by atoms with E-state index in [1.54, 1.807) is 24.1 Å². The topological polar surface area (TPSA) is 70.9 Å². The summed E-state index contributed by atoms with van der Waals surface area (Å²) in [5.41, 5.74) is 1.59. The van der Waals surface area contributed by atoms with E-state index in [1.807, 2.05) is 42.1 Å². The van der Waals surface area contributed by atoms with Crippen LogP contribution in [0.2, 0.25) is 0 Å². The number of piperidine rings is 2. The van der Waals surface area contributed by atoms with Gasteiger partial charge in [-0.3, -0.25) is 19.2 Å². The molecule has 2 aliphatic heterocycles. The lowest BCUT2D eigenvalue weighted by Crippen LogP contribution is -2.53. The largest absolute Gasteiger partial charge is 0.497 e. The van der Waals surface area contributed by atoms with Gasteiger partial charge in [0.25, 0.3) is 5.91 Å². The number of likely N-dealkylation sites (tertiary alicyclic amines) is 2. The molecule has 0 aliphatic carbocycles. The van der Waals surface area contributed by atoms with Gasteiger partial charge in [-0.1, -0.05) is 18.6 Å². The van der Waals surface area contributed by atoms with Crippen LogP contribution in [-0.2, 0) is 18.3 Å². The Morgan fingerprint density at radius 1 is 1.11 bits per heavy atom. The number of likely N-dealkylation sites (N-methyl/N-ethyl adjacent to an activating group) is 2. The van der Waals surface area contributed by atoms with Gasteiger partial charge < -0.3 is 14.5 Å². The number of carbonyl (C=O) groups excluding carboxylic acids is 2. The Morgan fingerprint density at radius 2 is 1.89 bits per heavy atom. The maximum atomic E-state index is 13.3. The highest BCUT2D eigenvalue weighted by Gasteiger charge is 2.36. The second-order valence-corrected chi connectivity index (χ2v) is 10.1. The third kappa shape index (κ3) is 5.86. The zero-order valence-electron chi connectivity index (χ0n) is 21.5. The van der Waals surface area contributed by atoms with Crippen molar-refractivity contribution in [1.29, 1.82) is 0 Å². The molecule has 1 aromatic carbocycles. The molecule has 0 spiro atoms. The van der Waals surface area contributed by atoms with Crippen LogP contribution >= 0.6 is 0 Å². The molecule has 0 unspecified atom stereocenters. The lowest BCUT2D eigenvalue weighted by molar-refractivity contribution is -0.139. The summed E-state index contributed by atoms with van der Waals surface area (Å²) in [4.78, 5) is 32.7. The summed E-state index contributed by atoms with van der Waals surface area (Å²) in [7, 11) is 7.44. The van der Waals surface area contributed by atoms with E-state index in [9.17, 15) is 9.59 Å². The first-order valence-corrected chi connectivity index (χ1v) is 12.8. The van der Waals surface area contributed by atoms with E-state index in [4.69, 9.17) is 4.74 Å². The van der Waals surface area contributed by atoms with Crippen LogP contribution in [0.25, 0.3) is 0 Å². The van der Waals surface area contributed by atoms with Gasteiger partial charge in [0, 0.05) is 39.4 Å². The van der Waals surface area contributed by atoms with Gasteiger partial charge in [-0.05, 0) is 75.4 Å². The summed E-state index contributed by atoms with van der Waals surface area (Å²) < 4.78 is 7.08. The standard InChI is InChI=1S/C27H39N5O3/c1-29-14-6-5-10-24(29)27(34)32-16-11-21(12-17-32)25(19-20-8-7-9-22(18-20)35-4)31(3)26(33)23-13-15-30(2)28-23/h7-9,13,15,18,21,24-25H,5-6,10-12,14,16-17,19H2,1-4H3/t24-,25-/m0/s1. The minimum absolute atomic E-state index is 0.00576. The first kappa shape index (κ1) is 25.2. The number of amides is 2. The van der Waals surface area contributed by atoms with E-state index in [1.165, 1.54) is 6.42 Å². The summed E-state index contributed by atoms with van der Waals surface area (Å²) in [5.74, 6) is 1.32. The average molecular weight is 482 g/mol. The highest BCUT2D eigenvalue weighted by molar-refractivity contribution is 5.92. The minimum atomic E-state index is -0.0687. The third-order valence-corrected chi connectivity index (χ3v) is 7.78. The zero-order chi connectivity index (χ0) is 24.9. The lowest BCUT2D eigenvalue weighted by Gasteiger charge is -2.42. The van der Waals surface area contributed by atoms with Gasteiger partial charge in [0.1, 0.15) is 11.4 Å². The summed E-state index contributed by atoms with van der Waals surface area (Å²) in [5, 5.41) is 4.34. The van der Waals surface area contributed by atoms with Gasteiger partial charge in [0.05, 0.1) is 13.2 Å². The first-order valence-electron chi connectivity index (χ1n) is 12.8. The summed E-state index contributed by atoms with van der Waals surface area (Å²) in [6.45, 7) is 2.48. The van der Waals surface area contributed by atoms with E-state index in [0.29, 0.717) is 11.6 Å². The normalized spacial score (nSPS) is 20.5. The van der Waals surface area contributed by atoms with Crippen molar-refractivity contribution in [1.82, 2.24) is 24.5 Å². The van der Waals surface area contributed by atoms with Crippen molar-refractivity contribution >= 4 is 11.8 Å². The fraction of sp³-hybridized carbons (Fsp3) is 0.593. The number of aromatic nitrogens is 2. The first-order chi connectivity index (χ1) is 16.9. The molecule has 2 aliphatic rings. The molecule has 3 heterocycles. The highest BCUT2D eigenvalue weighted by atomic mass is 16.5. The van der Waals surface area contributed by atoms with Crippen LogP contribution in [0.1, 0.15) is 48.2 Å². The van der Waals surface area contributed by atoms with Crippen LogP contribution in [0.5, 0.6) is 5.75 Å². The third-order valence-electron chi connectivity index (χ3n) is 7.78. The molecule has 2 amide bonds. The molecule has 0 saturated carbocycles. The Labute approximate surface area is 208 Å². The van der Waals surface area contributed by atoms with Crippen molar-refractivity contribution in [2.24, 2.45) is 13.0 Å². The predicted molar refractivity (Wildman–Crippen MR) is 135 cm³/mol. The molecule has 0 radical (unpaired) electrons. The molecule has 190 valence electrons. The van der Waals surface area contributed by atoms with Gasteiger partial charge >= 0.3 is 0 Å². The van der Waals surface area contributed by atoms with Crippen LogP contribution in [0.3, 0.4) is 0 Å². The molecule has 2 fully saturated rings. The van der Waals surface area contributed by atoms with Crippen LogP contribution in [-0.4, -0.2) is 89.2 Å². The van der Waals surface area contributed by atoms with E-state index < -0.39 is 0 Å². The van der Waals surface area contributed by atoms with Crippen molar-refractivity contribution in [3.05, 3.63) is 47.8 Å². The van der Waals surface area contributed by atoms with Crippen molar-refractivity contribution in [2.75, 3.05) is 40.8 Å². The number of nitrogens with zero attached hydrogens (tertiary/aromatic N) is 5. The van der Waals surface area contributed by atoms with Gasteiger partial charge in [-0.15, -0.1) is 0 Å². The Morgan fingerprint density at radius 3 is 2.54 bits per heavy atom. The molecule has 35 heavy (non-hydrogen) atoms. The van der Waals surface area contributed by atoms with Crippen molar-refractivity contribution in [3.63, 3.8) is 0 Å². The highest BCUT2D eigenvalue weighted by Crippen LogP contribution is 2.29. The van der Waals surface area contributed by atoms with Gasteiger partial charge in [-0.25, -0.2) is 0 Å². The maximum absolute atomic E-state index is 13.3. The fourth-order valence-electron chi connectivity index (χ4n) is 5.62.